The van der Waals surface area contributed by atoms with Crippen LogP contribution in [0, 0.1) is 5.82 Å². The lowest BCUT2D eigenvalue weighted by molar-refractivity contribution is 0.100. The zero-order valence-electron chi connectivity index (χ0n) is 17.0. The molecule has 1 amide bonds. The van der Waals surface area contributed by atoms with E-state index in [1.54, 1.807) is 12.4 Å². The number of pyridine rings is 2. The summed E-state index contributed by atoms with van der Waals surface area (Å²) in [7, 11) is 0. The van der Waals surface area contributed by atoms with Gasteiger partial charge in [-0.15, -0.1) is 0 Å². The fraction of sp³-hybridized carbons (Fsp3) is 0.261. The van der Waals surface area contributed by atoms with Crippen LogP contribution in [0.5, 0.6) is 0 Å². The number of hydrogen-bond donors (Lipinski definition) is 4. The van der Waals surface area contributed by atoms with E-state index in [4.69, 9.17) is 11.5 Å². The fourth-order valence-electron chi connectivity index (χ4n) is 3.82. The number of rotatable bonds is 6. The second-order valence-electron chi connectivity index (χ2n) is 7.73. The third-order valence-electron chi connectivity index (χ3n) is 5.49. The van der Waals surface area contributed by atoms with Crippen molar-refractivity contribution in [3.8, 4) is 11.1 Å². The minimum Gasteiger partial charge on any atom is -0.365 e. The maximum absolute atomic E-state index is 14.7. The molecule has 31 heavy (non-hydrogen) atoms. The number of carbonyl (C=O) groups is 1. The van der Waals surface area contributed by atoms with Gasteiger partial charge in [0.1, 0.15) is 5.82 Å². The minimum atomic E-state index is -0.776. The van der Waals surface area contributed by atoms with Crippen LogP contribution in [-0.2, 0) is 0 Å². The number of hydrogen-bond acceptors (Lipinski definition) is 6. The summed E-state index contributed by atoms with van der Waals surface area (Å²) in [6.07, 6.45) is 7.15. The number of amides is 1. The summed E-state index contributed by atoms with van der Waals surface area (Å²) >= 11 is 0. The largest absolute Gasteiger partial charge is 0.365 e. The van der Waals surface area contributed by atoms with Gasteiger partial charge in [-0.1, -0.05) is 43.2 Å². The van der Waals surface area contributed by atoms with Crippen molar-refractivity contribution in [2.75, 3.05) is 10.6 Å². The Labute approximate surface area is 180 Å². The molecule has 1 aliphatic rings. The van der Waals surface area contributed by atoms with Crippen LogP contribution in [-0.4, -0.2) is 28.0 Å². The number of halogens is 1. The van der Waals surface area contributed by atoms with Crippen LogP contribution in [0.3, 0.4) is 0 Å². The van der Waals surface area contributed by atoms with Crippen molar-refractivity contribution < 1.29 is 9.18 Å². The predicted octanol–water partition coefficient (Wildman–Crippen LogP) is 3.81. The van der Waals surface area contributed by atoms with Gasteiger partial charge in [0, 0.05) is 23.8 Å². The Morgan fingerprint density at radius 1 is 1.03 bits per heavy atom. The molecule has 0 unspecified atom stereocenters. The van der Waals surface area contributed by atoms with E-state index in [2.05, 4.69) is 20.6 Å². The van der Waals surface area contributed by atoms with Crippen molar-refractivity contribution >= 4 is 23.2 Å². The highest BCUT2D eigenvalue weighted by Gasteiger charge is 2.24. The molecular weight excluding hydrogens is 395 g/mol. The Hall–Kier alpha value is -3.52. The van der Waals surface area contributed by atoms with Crippen LogP contribution in [0.4, 0.5) is 21.7 Å². The molecule has 0 bridgehead atoms. The van der Waals surface area contributed by atoms with Crippen molar-refractivity contribution in [3.63, 3.8) is 0 Å². The molecule has 1 aliphatic carbocycles. The van der Waals surface area contributed by atoms with Gasteiger partial charge in [0.2, 0.25) is 0 Å². The Morgan fingerprint density at radius 3 is 2.55 bits per heavy atom. The summed E-state index contributed by atoms with van der Waals surface area (Å²) in [5, 5.41) is 6.18. The molecule has 160 valence electrons. The van der Waals surface area contributed by atoms with E-state index in [1.807, 2.05) is 36.4 Å². The van der Waals surface area contributed by atoms with E-state index in [-0.39, 0.29) is 29.3 Å². The first-order valence-corrected chi connectivity index (χ1v) is 10.3. The summed E-state index contributed by atoms with van der Waals surface area (Å²) in [6.45, 7) is 0. The van der Waals surface area contributed by atoms with E-state index in [0.717, 1.165) is 42.9 Å². The molecule has 4 rings (SSSR count). The standard InChI is InChI=1S/C23H25FN6O/c24-18-11-17(21(26)31)22(30-23(18)29-20-9-5-4-8-19(20)25)28-16-10-15(12-27-13-16)14-6-2-1-3-7-14/h1-3,6-7,10-13,19-20H,4-5,8-9,25H2,(H2,26,31)(H2,28,29,30)/t19-,20+/m0/s1. The van der Waals surface area contributed by atoms with Gasteiger partial charge >= 0.3 is 0 Å². The number of nitrogens with two attached hydrogens (primary N) is 2. The fourth-order valence-corrected chi connectivity index (χ4v) is 3.82. The third-order valence-corrected chi connectivity index (χ3v) is 5.49. The van der Waals surface area contributed by atoms with E-state index < -0.39 is 11.7 Å². The topological polar surface area (TPSA) is 119 Å². The van der Waals surface area contributed by atoms with E-state index in [1.165, 1.54) is 0 Å². The van der Waals surface area contributed by atoms with Gasteiger partial charge < -0.3 is 22.1 Å². The molecule has 6 N–H and O–H groups in total. The first-order valence-electron chi connectivity index (χ1n) is 10.3. The molecule has 2 aromatic heterocycles. The number of carbonyl (C=O) groups excluding carboxylic acids is 1. The molecule has 0 saturated heterocycles. The normalized spacial score (nSPS) is 18.4. The Morgan fingerprint density at radius 2 is 1.81 bits per heavy atom. The summed E-state index contributed by atoms with van der Waals surface area (Å²) in [5.41, 5.74) is 14.1. The molecule has 1 fully saturated rings. The van der Waals surface area contributed by atoms with Gasteiger partial charge in [-0.3, -0.25) is 9.78 Å². The van der Waals surface area contributed by atoms with E-state index in [0.29, 0.717) is 5.69 Å². The highest BCUT2D eigenvalue weighted by molar-refractivity contribution is 5.98. The van der Waals surface area contributed by atoms with Crippen LogP contribution in [0.2, 0.25) is 0 Å². The first kappa shape index (κ1) is 20.7. The predicted molar refractivity (Wildman–Crippen MR) is 120 cm³/mol. The molecule has 2 atom stereocenters. The summed E-state index contributed by atoms with van der Waals surface area (Å²) in [6, 6.07) is 12.6. The average Bonchev–Trinajstić information content (AvgIpc) is 2.78. The maximum atomic E-state index is 14.7. The first-order chi connectivity index (χ1) is 15.0. The number of nitrogens with zero attached hydrogens (tertiary/aromatic N) is 2. The molecule has 7 nitrogen and oxygen atoms in total. The minimum absolute atomic E-state index is 0.0406. The zero-order valence-corrected chi connectivity index (χ0v) is 17.0. The number of aromatic nitrogens is 2. The van der Waals surface area contributed by atoms with Crippen LogP contribution >= 0.6 is 0 Å². The van der Waals surface area contributed by atoms with Crippen molar-refractivity contribution in [3.05, 3.63) is 66.2 Å². The van der Waals surface area contributed by atoms with Crippen LogP contribution in [0.1, 0.15) is 36.0 Å². The smallest absolute Gasteiger partial charge is 0.252 e. The van der Waals surface area contributed by atoms with Gasteiger partial charge in [-0.2, -0.15) is 0 Å². The lowest BCUT2D eigenvalue weighted by Crippen LogP contribution is -2.43. The highest BCUT2D eigenvalue weighted by atomic mass is 19.1. The monoisotopic (exact) mass is 420 g/mol. The van der Waals surface area contributed by atoms with Crippen LogP contribution in [0.25, 0.3) is 11.1 Å². The van der Waals surface area contributed by atoms with Gasteiger partial charge in [-0.25, -0.2) is 9.37 Å². The van der Waals surface area contributed by atoms with Crippen molar-refractivity contribution in [2.45, 2.75) is 37.8 Å². The molecule has 0 aliphatic heterocycles. The molecule has 1 saturated carbocycles. The molecular formula is C23H25FN6O. The second kappa shape index (κ2) is 9.09. The Balaban J connectivity index is 1.64. The SMILES string of the molecule is NC(=O)c1cc(F)c(N[C@@H]2CCCC[C@@H]2N)nc1Nc1cncc(-c2ccccc2)c1. The van der Waals surface area contributed by atoms with Gasteiger partial charge in [0.25, 0.3) is 5.91 Å². The molecule has 2 heterocycles. The molecule has 0 radical (unpaired) electrons. The van der Waals surface area contributed by atoms with Gasteiger partial charge in [0.15, 0.2) is 11.6 Å². The molecule has 1 aromatic carbocycles. The van der Waals surface area contributed by atoms with Crippen molar-refractivity contribution in [1.29, 1.82) is 0 Å². The zero-order chi connectivity index (χ0) is 21.8. The average molecular weight is 420 g/mol. The Bertz CT molecular complexity index is 1070. The van der Waals surface area contributed by atoms with Crippen LogP contribution in [0.15, 0.2) is 54.9 Å². The Kier molecular flexibility index (Phi) is 6.08. The highest BCUT2D eigenvalue weighted by Crippen LogP contribution is 2.28. The van der Waals surface area contributed by atoms with Crippen molar-refractivity contribution in [2.24, 2.45) is 11.5 Å². The molecule has 3 aromatic rings. The van der Waals surface area contributed by atoms with E-state index in [9.17, 15) is 9.18 Å². The van der Waals surface area contributed by atoms with Crippen molar-refractivity contribution in [1.82, 2.24) is 9.97 Å². The number of benzene rings is 1. The third kappa shape index (κ3) is 4.80. The lowest BCUT2D eigenvalue weighted by Gasteiger charge is -2.30. The van der Waals surface area contributed by atoms with E-state index >= 15 is 0 Å². The number of nitrogens with one attached hydrogen (secondary N) is 2. The van der Waals surface area contributed by atoms with Gasteiger partial charge in [0.05, 0.1) is 17.4 Å². The summed E-state index contributed by atoms with van der Waals surface area (Å²) in [4.78, 5) is 20.5. The summed E-state index contributed by atoms with van der Waals surface area (Å²) < 4.78 is 14.7. The van der Waals surface area contributed by atoms with Gasteiger partial charge in [-0.05, 0) is 30.5 Å². The van der Waals surface area contributed by atoms with Crippen LogP contribution < -0.4 is 22.1 Å². The number of anilines is 3. The lowest BCUT2D eigenvalue weighted by atomic mass is 9.91. The number of primary amides is 1. The summed E-state index contributed by atoms with van der Waals surface area (Å²) in [5.74, 6) is -1.22. The molecule has 0 spiro atoms. The molecule has 8 heteroatoms. The second-order valence-corrected chi connectivity index (χ2v) is 7.73. The quantitative estimate of drug-likeness (QED) is 0.482. The maximum Gasteiger partial charge on any atom is 0.252 e.